The first-order valence-electron chi connectivity index (χ1n) is 6.19. The van der Waals surface area contributed by atoms with Crippen molar-refractivity contribution in [3.05, 3.63) is 0 Å². The molecule has 1 aliphatic carbocycles. The monoisotopic (exact) mass is 230 g/mol. The molecule has 4 nitrogen and oxygen atoms in total. The number of carboxylic acids is 1. The Hall–Kier alpha value is -0.610. The molecule has 2 N–H and O–H groups in total. The molecule has 94 valence electrons. The topological polar surface area (TPSA) is 66.8 Å². The molecule has 0 amide bonds. The standard InChI is InChI=1S/C12H22O4/c13-7-4-8-16-11(12(14)15)9-10-5-2-1-3-6-10/h10-11,13H,1-9H2,(H,14,15). The quantitative estimate of drug-likeness (QED) is 0.654. The highest BCUT2D eigenvalue weighted by Gasteiger charge is 2.24. The third kappa shape index (κ3) is 4.94. The van der Waals surface area contributed by atoms with Crippen LogP contribution < -0.4 is 0 Å². The molecular weight excluding hydrogens is 208 g/mol. The number of hydrogen-bond donors (Lipinski definition) is 2. The SMILES string of the molecule is O=C(O)C(CC1CCCCC1)OCCCO. The van der Waals surface area contributed by atoms with E-state index < -0.39 is 12.1 Å². The Morgan fingerprint density at radius 2 is 2.00 bits per heavy atom. The molecule has 1 aliphatic rings. The van der Waals surface area contributed by atoms with Crippen molar-refractivity contribution in [2.45, 2.75) is 51.0 Å². The first-order chi connectivity index (χ1) is 7.74. The molecule has 0 radical (unpaired) electrons. The minimum absolute atomic E-state index is 0.0514. The summed E-state index contributed by atoms with van der Waals surface area (Å²) >= 11 is 0. The molecule has 0 aromatic rings. The fraction of sp³-hybridized carbons (Fsp3) is 0.917. The minimum Gasteiger partial charge on any atom is -0.479 e. The fourth-order valence-electron chi connectivity index (χ4n) is 2.26. The number of ether oxygens (including phenoxy) is 1. The van der Waals surface area contributed by atoms with Crippen LogP contribution in [-0.4, -0.2) is 35.5 Å². The second-order valence-electron chi connectivity index (χ2n) is 4.51. The number of aliphatic hydroxyl groups excluding tert-OH is 1. The largest absolute Gasteiger partial charge is 0.479 e. The van der Waals surface area contributed by atoms with Gasteiger partial charge in [0.2, 0.25) is 0 Å². The summed E-state index contributed by atoms with van der Waals surface area (Å²) in [6, 6.07) is 0. The average Bonchev–Trinajstić information content (AvgIpc) is 2.29. The van der Waals surface area contributed by atoms with Crippen LogP contribution in [0.25, 0.3) is 0 Å². The summed E-state index contributed by atoms with van der Waals surface area (Å²) in [6.45, 7) is 0.385. The summed E-state index contributed by atoms with van der Waals surface area (Å²) in [4.78, 5) is 11.0. The number of aliphatic hydroxyl groups is 1. The molecule has 0 aromatic carbocycles. The number of carbonyl (C=O) groups is 1. The lowest BCUT2D eigenvalue weighted by atomic mass is 9.85. The van der Waals surface area contributed by atoms with Gasteiger partial charge >= 0.3 is 5.97 Å². The number of aliphatic carboxylic acids is 1. The molecule has 0 saturated heterocycles. The highest BCUT2D eigenvalue weighted by atomic mass is 16.5. The van der Waals surface area contributed by atoms with Gasteiger partial charge in [-0.25, -0.2) is 4.79 Å². The van der Waals surface area contributed by atoms with E-state index in [9.17, 15) is 4.79 Å². The molecule has 16 heavy (non-hydrogen) atoms. The smallest absolute Gasteiger partial charge is 0.332 e. The van der Waals surface area contributed by atoms with Crippen LogP contribution in [0.4, 0.5) is 0 Å². The van der Waals surface area contributed by atoms with Crippen LogP contribution in [-0.2, 0) is 9.53 Å². The zero-order valence-corrected chi connectivity index (χ0v) is 9.73. The fourth-order valence-corrected chi connectivity index (χ4v) is 2.26. The molecule has 1 fully saturated rings. The zero-order valence-electron chi connectivity index (χ0n) is 9.73. The van der Waals surface area contributed by atoms with E-state index >= 15 is 0 Å². The second-order valence-corrected chi connectivity index (χ2v) is 4.51. The van der Waals surface area contributed by atoms with Gasteiger partial charge in [0, 0.05) is 13.2 Å². The summed E-state index contributed by atoms with van der Waals surface area (Å²) in [7, 11) is 0. The van der Waals surface area contributed by atoms with E-state index in [0.29, 0.717) is 25.4 Å². The van der Waals surface area contributed by atoms with Gasteiger partial charge in [-0.15, -0.1) is 0 Å². The van der Waals surface area contributed by atoms with Crippen molar-refractivity contribution in [2.24, 2.45) is 5.92 Å². The lowest BCUT2D eigenvalue weighted by Gasteiger charge is -2.24. The molecule has 0 heterocycles. The third-order valence-electron chi connectivity index (χ3n) is 3.17. The molecule has 4 heteroatoms. The van der Waals surface area contributed by atoms with Crippen molar-refractivity contribution in [3.8, 4) is 0 Å². The average molecular weight is 230 g/mol. The predicted molar refractivity (Wildman–Crippen MR) is 60.3 cm³/mol. The minimum atomic E-state index is -0.872. The summed E-state index contributed by atoms with van der Waals surface area (Å²) in [5, 5.41) is 17.6. The van der Waals surface area contributed by atoms with Gasteiger partial charge in [-0.3, -0.25) is 0 Å². The van der Waals surface area contributed by atoms with Gasteiger partial charge in [0.15, 0.2) is 6.10 Å². The maximum absolute atomic E-state index is 11.0. The lowest BCUT2D eigenvalue weighted by Crippen LogP contribution is -2.28. The summed E-state index contributed by atoms with van der Waals surface area (Å²) in [5.41, 5.74) is 0. The molecule has 1 atom stereocenters. The van der Waals surface area contributed by atoms with Crippen molar-refractivity contribution in [3.63, 3.8) is 0 Å². The van der Waals surface area contributed by atoms with Gasteiger partial charge in [0.25, 0.3) is 0 Å². The van der Waals surface area contributed by atoms with E-state index in [0.717, 1.165) is 12.8 Å². The number of carboxylic acid groups (broad SMARTS) is 1. The first-order valence-corrected chi connectivity index (χ1v) is 6.19. The Morgan fingerprint density at radius 3 is 2.56 bits per heavy atom. The normalized spacial score (nSPS) is 19.6. The van der Waals surface area contributed by atoms with Gasteiger partial charge < -0.3 is 14.9 Å². The summed E-state index contributed by atoms with van der Waals surface area (Å²) < 4.78 is 5.29. The highest BCUT2D eigenvalue weighted by molar-refractivity contribution is 5.72. The number of hydrogen-bond acceptors (Lipinski definition) is 3. The first kappa shape index (κ1) is 13.5. The highest BCUT2D eigenvalue weighted by Crippen LogP contribution is 2.28. The maximum Gasteiger partial charge on any atom is 0.332 e. The van der Waals surface area contributed by atoms with Gasteiger partial charge in [0.1, 0.15) is 0 Å². The molecule has 1 saturated carbocycles. The molecule has 0 spiro atoms. The van der Waals surface area contributed by atoms with Crippen LogP contribution in [0.1, 0.15) is 44.9 Å². The Labute approximate surface area is 96.6 Å². The second kappa shape index (κ2) is 7.63. The van der Waals surface area contributed by atoms with E-state index in [1.54, 1.807) is 0 Å². The van der Waals surface area contributed by atoms with Crippen LogP contribution in [0.3, 0.4) is 0 Å². The van der Waals surface area contributed by atoms with E-state index in [4.69, 9.17) is 14.9 Å². The Kier molecular flexibility index (Phi) is 6.42. The van der Waals surface area contributed by atoms with Crippen LogP contribution in [0.15, 0.2) is 0 Å². The van der Waals surface area contributed by atoms with Crippen molar-refractivity contribution < 1.29 is 19.7 Å². The lowest BCUT2D eigenvalue weighted by molar-refractivity contribution is -0.152. The third-order valence-corrected chi connectivity index (χ3v) is 3.17. The van der Waals surface area contributed by atoms with E-state index in [1.165, 1.54) is 19.3 Å². The molecule has 1 unspecified atom stereocenters. The molecule has 0 aromatic heterocycles. The van der Waals surface area contributed by atoms with Gasteiger partial charge in [-0.2, -0.15) is 0 Å². The summed E-state index contributed by atoms with van der Waals surface area (Å²) in [5.74, 6) is -0.368. The van der Waals surface area contributed by atoms with Crippen LogP contribution in [0.2, 0.25) is 0 Å². The van der Waals surface area contributed by atoms with Crippen LogP contribution in [0, 0.1) is 5.92 Å². The van der Waals surface area contributed by atoms with Crippen molar-refractivity contribution in [2.75, 3.05) is 13.2 Å². The van der Waals surface area contributed by atoms with Crippen molar-refractivity contribution in [1.82, 2.24) is 0 Å². The van der Waals surface area contributed by atoms with Gasteiger partial charge in [-0.05, 0) is 18.8 Å². The Bertz CT molecular complexity index is 199. The van der Waals surface area contributed by atoms with Crippen molar-refractivity contribution in [1.29, 1.82) is 0 Å². The van der Waals surface area contributed by atoms with E-state index in [-0.39, 0.29) is 6.61 Å². The van der Waals surface area contributed by atoms with Crippen LogP contribution >= 0.6 is 0 Å². The zero-order chi connectivity index (χ0) is 11.8. The van der Waals surface area contributed by atoms with Gasteiger partial charge in [0.05, 0.1) is 0 Å². The van der Waals surface area contributed by atoms with Gasteiger partial charge in [-0.1, -0.05) is 32.1 Å². The Morgan fingerprint density at radius 1 is 1.31 bits per heavy atom. The van der Waals surface area contributed by atoms with E-state index in [1.807, 2.05) is 0 Å². The molecular formula is C12H22O4. The Balaban J connectivity index is 2.28. The predicted octanol–water partition coefficient (Wildman–Crippen LogP) is 1.81. The van der Waals surface area contributed by atoms with E-state index in [2.05, 4.69) is 0 Å². The maximum atomic E-state index is 11.0. The molecule has 0 aliphatic heterocycles. The molecule has 1 rings (SSSR count). The summed E-state index contributed by atoms with van der Waals surface area (Å²) in [6.07, 6.45) is 6.42. The number of rotatable bonds is 7. The van der Waals surface area contributed by atoms with Crippen molar-refractivity contribution >= 4 is 5.97 Å². The molecule has 0 bridgehead atoms. The van der Waals surface area contributed by atoms with Crippen LogP contribution in [0.5, 0.6) is 0 Å².